The Bertz CT molecular complexity index is 1120. The molecule has 1 aliphatic rings. The lowest BCUT2D eigenvalue weighted by Gasteiger charge is -2.33. The highest BCUT2D eigenvalue weighted by Crippen LogP contribution is 2.43. The number of pyridine rings is 1. The van der Waals surface area contributed by atoms with Crippen LogP contribution in [0.4, 0.5) is 15.9 Å². The Kier molecular flexibility index (Phi) is 6.69. The van der Waals surface area contributed by atoms with Crippen molar-refractivity contribution in [3.05, 3.63) is 46.1 Å². The summed E-state index contributed by atoms with van der Waals surface area (Å²) in [6.07, 6.45) is 1.71. The fraction of sp³-hybridized carbons (Fsp3) is 0.278. The molecule has 0 amide bonds. The highest BCUT2D eigenvalue weighted by atomic mass is 79.9. The van der Waals surface area contributed by atoms with Crippen LogP contribution in [-0.4, -0.2) is 51.5 Å². The predicted molar refractivity (Wildman–Crippen MR) is 121 cm³/mol. The lowest BCUT2D eigenvalue weighted by atomic mass is 10.2. The van der Waals surface area contributed by atoms with Crippen LogP contribution in [0.2, 0.25) is 0 Å². The van der Waals surface area contributed by atoms with Gasteiger partial charge in [0.2, 0.25) is 0 Å². The van der Waals surface area contributed by atoms with E-state index in [1.807, 2.05) is 6.07 Å². The topological polar surface area (TPSA) is 65.5 Å². The Morgan fingerprint density at radius 1 is 1.14 bits per heavy atom. The van der Waals surface area contributed by atoms with Crippen LogP contribution in [0.15, 0.2) is 45.2 Å². The van der Waals surface area contributed by atoms with Gasteiger partial charge in [-0.1, -0.05) is 0 Å². The maximum atomic E-state index is 13.2. The number of thiophene rings is 1. The number of fused-ring (bicyclic) bond motifs is 1. The summed E-state index contributed by atoms with van der Waals surface area (Å²) in [7, 11) is -1.83. The first-order valence-electron chi connectivity index (χ1n) is 8.64. The monoisotopic (exact) mass is 520 g/mol. The average molecular weight is 522 g/mol. The van der Waals surface area contributed by atoms with Gasteiger partial charge in [0, 0.05) is 42.8 Å². The van der Waals surface area contributed by atoms with Gasteiger partial charge in [-0.3, -0.25) is 4.72 Å². The maximum Gasteiger partial charge on any atom is 0.264 e. The molecule has 0 bridgehead atoms. The van der Waals surface area contributed by atoms with Gasteiger partial charge < -0.3 is 9.80 Å². The van der Waals surface area contributed by atoms with Crippen molar-refractivity contribution in [2.75, 3.05) is 42.8 Å². The van der Waals surface area contributed by atoms with Crippen molar-refractivity contribution >= 4 is 71.3 Å². The summed E-state index contributed by atoms with van der Waals surface area (Å²) < 4.78 is 43.4. The number of sulfonamides is 1. The van der Waals surface area contributed by atoms with Gasteiger partial charge in [0.05, 0.1) is 9.17 Å². The smallest absolute Gasteiger partial charge is 0.264 e. The van der Waals surface area contributed by atoms with Gasteiger partial charge >= 0.3 is 0 Å². The number of halogens is 3. The number of rotatable bonds is 4. The van der Waals surface area contributed by atoms with Gasteiger partial charge in [-0.2, -0.15) is 0 Å². The van der Waals surface area contributed by atoms with E-state index in [-0.39, 0.29) is 17.3 Å². The van der Waals surface area contributed by atoms with Crippen molar-refractivity contribution in [1.29, 1.82) is 0 Å². The molecule has 0 spiro atoms. The number of piperazine rings is 1. The van der Waals surface area contributed by atoms with Crippen LogP contribution in [0, 0.1) is 5.82 Å². The number of aromatic nitrogens is 1. The molecule has 2 aromatic heterocycles. The Labute approximate surface area is 187 Å². The molecule has 6 nitrogen and oxygen atoms in total. The number of nitrogens with one attached hydrogen (secondary N) is 1. The molecule has 4 rings (SSSR count). The van der Waals surface area contributed by atoms with Crippen LogP contribution in [0.3, 0.4) is 0 Å². The molecular weight excluding hydrogens is 503 g/mol. The lowest BCUT2D eigenvalue weighted by Crippen LogP contribution is -2.44. The van der Waals surface area contributed by atoms with Gasteiger partial charge in [0.15, 0.2) is 0 Å². The van der Waals surface area contributed by atoms with Crippen molar-refractivity contribution in [2.45, 2.75) is 4.90 Å². The van der Waals surface area contributed by atoms with Gasteiger partial charge in [-0.25, -0.2) is 17.8 Å². The lowest BCUT2D eigenvalue weighted by molar-refractivity contribution is 0.312. The molecule has 1 aromatic carbocycles. The molecule has 1 fully saturated rings. The minimum atomic E-state index is -3.90. The van der Waals surface area contributed by atoms with E-state index in [1.165, 1.54) is 35.6 Å². The van der Waals surface area contributed by atoms with Gasteiger partial charge in [-0.15, -0.1) is 23.7 Å². The first-order valence-corrected chi connectivity index (χ1v) is 11.7. The van der Waals surface area contributed by atoms with Crippen LogP contribution in [0.1, 0.15) is 0 Å². The summed E-state index contributed by atoms with van der Waals surface area (Å²) in [5.41, 5.74) is 0.303. The molecule has 0 unspecified atom stereocenters. The second-order valence-electron chi connectivity index (χ2n) is 6.62. The molecule has 29 heavy (non-hydrogen) atoms. The van der Waals surface area contributed by atoms with E-state index < -0.39 is 15.8 Å². The summed E-state index contributed by atoms with van der Waals surface area (Å²) in [4.78, 5) is 9.03. The molecule has 3 aromatic rings. The Morgan fingerprint density at radius 2 is 1.79 bits per heavy atom. The molecule has 1 aliphatic heterocycles. The van der Waals surface area contributed by atoms with Gasteiger partial charge in [0.1, 0.15) is 16.5 Å². The molecule has 1 N–H and O–H groups in total. The van der Waals surface area contributed by atoms with Crippen molar-refractivity contribution in [2.24, 2.45) is 0 Å². The molecule has 1 saturated heterocycles. The van der Waals surface area contributed by atoms with E-state index in [0.717, 1.165) is 30.9 Å². The summed E-state index contributed by atoms with van der Waals surface area (Å²) in [5, 5.41) is 0.610. The number of hydrogen-bond donors (Lipinski definition) is 1. The molecule has 0 saturated carbocycles. The van der Waals surface area contributed by atoms with Crippen LogP contribution in [0.5, 0.6) is 0 Å². The molecule has 3 heterocycles. The van der Waals surface area contributed by atoms with Crippen LogP contribution in [-0.2, 0) is 10.0 Å². The van der Waals surface area contributed by atoms with E-state index in [9.17, 15) is 12.8 Å². The predicted octanol–water partition coefficient (Wildman–Crippen LogP) is 4.17. The average Bonchev–Trinajstić information content (AvgIpc) is 3.01. The summed E-state index contributed by atoms with van der Waals surface area (Å²) in [5.74, 6) is 0.249. The molecule has 0 aliphatic carbocycles. The third-order valence-electron chi connectivity index (χ3n) is 4.67. The normalized spacial score (nSPS) is 15.3. The molecule has 11 heteroatoms. The fourth-order valence-electron chi connectivity index (χ4n) is 3.20. The highest BCUT2D eigenvalue weighted by Gasteiger charge is 2.28. The Hall–Kier alpha value is -1.46. The number of hydrogen-bond acceptors (Lipinski definition) is 6. The van der Waals surface area contributed by atoms with Crippen molar-refractivity contribution in [3.8, 4) is 0 Å². The standard InChI is InChI=1S/C18H18BrFN4O2S2.ClH/c1-23-8-10-24(11-9-23)18-15-14(6-7-21-18)27-17(19)16(15)28(25,26)22-13-4-2-12(20)3-5-13;/h2-7,22H,8-11H2,1H3;1H. The van der Waals surface area contributed by atoms with E-state index >= 15 is 0 Å². The highest BCUT2D eigenvalue weighted by molar-refractivity contribution is 9.11. The minimum Gasteiger partial charge on any atom is -0.353 e. The minimum absolute atomic E-state index is 0. The maximum absolute atomic E-state index is 13.2. The third-order valence-corrected chi connectivity index (χ3v) is 8.33. The van der Waals surface area contributed by atoms with Crippen molar-refractivity contribution < 1.29 is 12.8 Å². The van der Waals surface area contributed by atoms with E-state index in [0.29, 0.717) is 20.7 Å². The second kappa shape index (κ2) is 8.73. The van der Waals surface area contributed by atoms with E-state index in [1.54, 1.807) is 6.20 Å². The molecule has 0 atom stereocenters. The zero-order valence-electron chi connectivity index (χ0n) is 15.4. The van der Waals surface area contributed by atoms with Crippen LogP contribution in [0.25, 0.3) is 10.1 Å². The molecule has 0 radical (unpaired) electrons. The third kappa shape index (κ3) is 4.51. The second-order valence-corrected chi connectivity index (χ2v) is 10.6. The van der Waals surface area contributed by atoms with Crippen molar-refractivity contribution in [1.82, 2.24) is 9.88 Å². The zero-order chi connectivity index (χ0) is 19.9. The van der Waals surface area contributed by atoms with Crippen LogP contribution >= 0.6 is 39.7 Å². The largest absolute Gasteiger partial charge is 0.353 e. The summed E-state index contributed by atoms with van der Waals surface area (Å²) in [6, 6.07) is 7.05. The summed E-state index contributed by atoms with van der Waals surface area (Å²) in [6.45, 7) is 3.33. The zero-order valence-corrected chi connectivity index (χ0v) is 19.5. The van der Waals surface area contributed by atoms with Crippen molar-refractivity contribution in [3.63, 3.8) is 0 Å². The molecule has 156 valence electrons. The Balaban J connectivity index is 0.00000240. The van der Waals surface area contributed by atoms with Gasteiger partial charge in [-0.05, 0) is 53.3 Å². The van der Waals surface area contributed by atoms with Gasteiger partial charge in [0.25, 0.3) is 10.0 Å². The number of likely N-dealkylation sites (N-methyl/N-ethyl adjacent to an activating group) is 1. The fourth-order valence-corrected chi connectivity index (χ4v) is 7.12. The number of benzene rings is 1. The van der Waals surface area contributed by atoms with E-state index in [2.05, 4.69) is 42.5 Å². The van der Waals surface area contributed by atoms with E-state index in [4.69, 9.17) is 0 Å². The molecular formula is C18H19BrClFN4O2S2. The quantitative estimate of drug-likeness (QED) is 0.558. The SMILES string of the molecule is CN1CCN(c2nccc3sc(Br)c(S(=O)(=O)Nc4ccc(F)cc4)c23)CC1.Cl. The number of anilines is 2. The summed E-state index contributed by atoms with van der Waals surface area (Å²) >= 11 is 4.78. The first kappa shape index (κ1) is 22.2. The first-order chi connectivity index (χ1) is 13.3. The van der Waals surface area contributed by atoms with Crippen LogP contribution < -0.4 is 9.62 Å². The number of nitrogens with zero attached hydrogens (tertiary/aromatic N) is 3. The Morgan fingerprint density at radius 3 is 2.45 bits per heavy atom.